The van der Waals surface area contributed by atoms with Crippen molar-refractivity contribution in [3.8, 4) is 0 Å². The molecule has 0 bridgehead atoms. The lowest BCUT2D eigenvalue weighted by Crippen LogP contribution is -2.42. The van der Waals surface area contributed by atoms with Gasteiger partial charge in [-0.25, -0.2) is 12.8 Å². The number of nitrogens with zero attached hydrogens (tertiary/aromatic N) is 3. The van der Waals surface area contributed by atoms with Crippen molar-refractivity contribution < 1.29 is 49.2 Å². The molecule has 0 aromatic heterocycles. The zero-order chi connectivity index (χ0) is 29.8. The van der Waals surface area contributed by atoms with Crippen LogP contribution in [0.3, 0.4) is 0 Å². The number of hydrogen-bond acceptors (Lipinski definition) is 6. The van der Waals surface area contributed by atoms with Gasteiger partial charge in [-0.1, -0.05) is 38.9 Å². The summed E-state index contributed by atoms with van der Waals surface area (Å²) in [5.74, 6) is -5.40. The molecule has 0 radical (unpaired) electrons. The van der Waals surface area contributed by atoms with E-state index in [-0.39, 0.29) is 27.9 Å². The predicted octanol–water partition coefficient (Wildman–Crippen LogP) is 5.26. The quantitative estimate of drug-likeness (QED) is 0.320. The number of hydrogen-bond donors (Lipinski definition) is 0. The first kappa shape index (κ1) is 30.4. The molecule has 0 aliphatic carbocycles. The molecule has 8 nitrogen and oxygen atoms in total. The Morgan fingerprint density at radius 1 is 1.20 bits per heavy atom. The number of aryl methyl sites for hydroxylation is 1. The van der Waals surface area contributed by atoms with Crippen LogP contribution in [0.2, 0.25) is 10.0 Å². The second-order valence-corrected chi connectivity index (χ2v) is 11.7. The Bertz CT molecular complexity index is 1470. The highest BCUT2D eigenvalue weighted by atomic mass is 35.5. The van der Waals surface area contributed by atoms with Crippen molar-refractivity contribution in [1.82, 2.24) is 9.37 Å². The first-order valence-corrected chi connectivity index (χ1v) is 13.5. The largest absolute Gasteiger partial charge is 0.435 e. The number of sulfonamides is 1. The van der Waals surface area contributed by atoms with Crippen LogP contribution < -0.4 is 0 Å². The van der Waals surface area contributed by atoms with Crippen LogP contribution in [0.5, 0.6) is 0 Å². The van der Waals surface area contributed by atoms with Gasteiger partial charge in [0.1, 0.15) is 0 Å². The summed E-state index contributed by atoms with van der Waals surface area (Å²) in [6, 6.07) is 4.71. The minimum Gasteiger partial charge on any atom is -0.374 e. The summed E-state index contributed by atoms with van der Waals surface area (Å²) in [5, 5.41) is 2.36. The Hall–Kier alpha value is -2.59. The molecule has 2 aromatic carbocycles. The van der Waals surface area contributed by atoms with Gasteiger partial charge < -0.3 is 9.74 Å². The highest BCUT2D eigenvalue weighted by Crippen LogP contribution is 2.50. The first-order chi connectivity index (χ1) is 18.5. The minimum absolute atomic E-state index is 0.111. The molecule has 2 aromatic rings. The summed E-state index contributed by atoms with van der Waals surface area (Å²) in [7, 11) is -3.68. The molecule has 1 amide bonds. The molecule has 17 heteroatoms. The lowest BCUT2D eigenvalue weighted by Gasteiger charge is -2.29. The average Bonchev–Trinajstić information content (AvgIpc) is 3.55. The van der Waals surface area contributed by atoms with Gasteiger partial charge in [0.2, 0.25) is 0 Å². The van der Waals surface area contributed by atoms with E-state index in [1.807, 2.05) is 0 Å². The van der Waals surface area contributed by atoms with Gasteiger partial charge in [0.15, 0.2) is 5.82 Å². The number of alkyl halides is 5. The Morgan fingerprint density at radius 3 is 2.38 bits per heavy atom. The Balaban J connectivity index is 1.55. The molecular formula is C23H19Cl2F6N3O5S. The summed E-state index contributed by atoms with van der Waals surface area (Å²) < 4.78 is 106. The standard InChI is InChI=1S/C23H19Cl2F6N3O5S/c1-11-5-12(3-4-15(11)20(35)33(2)14-9-34(38-10-14)40(36,37)21(27)28)18-8-22(39-32-18,23(29,30)31)13-6-16(24)19(26)17(25)7-13/h3-7,14,21H,8-10H2,1-2H3. The van der Waals surface area contributed by atoms with Gasteiger partial charge in [-0.3, -0.25) is 9.63 Å². The van der Waals surface area contributed by atoms with Crippen molar-refractivity contribution in [3.05, 3.63) is 68.4 Å². The number of hydroxylamine groups is 1. The van der Waals surface area contributed by atoms with E-state index in [1.165, 1.54) is 32.2 Å². The lowest BCUT2D eigenvalue weighted by atomic mass is 9.86. The predicted molar refractivity (Wildman–Crippen MR) is 131 cm³/mol. The summed E-state index contributed by atoms with van der Waals surface area (Å²) in [6.07, 6.45) is -5.82. The third-order valence-electron chi connectivity index (χ3n) is 6.57. The fourth-order valence-electron chi connectivity index (χ4n) is 4.23. The van der Waals surface area contributed by atoms with Crippen molar-refractivity contribution in [2.45, 2.75) is 36.9 Å². The molecule has 218 valence electrons. The van der Waals surface area contributed by atoms with Crippen LogP contribution >= 0.6 is 23.2 Å². The maximum Gasteiger partial charge on any atom is 0.435 e. The molecule has 40 heavy (non-hydrogen) atoms. The van der Waals surface area contributed by atoms with Crippen molar-refractivity contribution >= 4 is 44.8 Å². The fraction of sp³-hybridized carbons (Fsp3) is 0.391. The summed E-state index contributed by atoms with van der Waals surface area (Å²) in [4.78, 5) is 23.9. The highest BCUT2D eigenvalue weighted by Gasteiger charge is 2.62. The maximum atomic E-state index is 14.3. The Labute approximate surface area is 234 Å². The van der Waals surface area contributed by atoms with Gasteiger partial charge in [-0.15, -0.1) is 0 Å². The van der Waals surface area contributed by atoms with E-state index < -0.39 is 73.9 Å². The monoisotopic (exact) mass is 633 g/mol. The normalized spacial score (nSPS) is 22.0. The Morgan fingerprint density at radius 2 is 1.82 bits per heavy atom. The van der Waals surface area contributed by atoms with E-state index in [4.69, 9.17) is 32.9 Å². The SMILES string of the molecule is Cc1cc(C2=NOC(c3cc(Cl)c(F)c(Cl)c3)(C(F)(F)F)C2)ccc1C(=O)N(C)C1CON(S(=O)(=O)C(F)F)C1. The van der Waals surface area contributed by atoms with E-state index in [0.717, 1.165) is 17.0 Å². The van der Waals surface area contributed by atoms with Crippen LogP contribution in [0.25, 0.3) is 0 Å². The number of likely N-dealkylation sites (N-methyl/N-ethyl adjacent to an activating group) is 1. The van der Waals surface area contributed by atoms with Gasteiger partial charge in [0.25, 0.3) is 21.5 Å². The van der Waals surface area contributed by atoms with Crippen molar-refractivity contribution in [2.24, 2.45) is 5.16 Å². The summed E-state index contributed by atoms with van der Waals surface area (Å²) >= 11 is 11.4. The van der Waals surface area contributed by atoms with Crippen LogP contribution in [-0.4, -0.2) is 67.6 Å². The van der Waals surface area contributed by atoms with Gasteiger partial charge in [0, 0.05) is 24.6 Å². The molecule has 2 unspecified atom stereocenters. The van der Waals surface area contributed by atoms with Crippen molar-refractivity contribution in [1.29, 1.82) is 0 Å². The molecular weight excluding hydrogens is 615 g/mol. The minimum atomic E-state index is -5.01. The van der Waals surface area contributed by atoms with Gasteiger partial charge in [0.05, 0.1) is 35.0 Å². The zero-order valence-corrected chi connectivity index (χ0v) is 22.8. The Kier molecular flexibility index (Phi) is 8.10. The first-order valence-electron chi connectivity index (χ1n) is 11.3. The number of carbonyl (C=O) groups excluding carboxylic acids is 1. The molecule has 2 atom stereocenters. The molecule has 1 saturated heterocycles. The van der Waals surface area contributed by atoms with Crippen molar-refractivity contribution in [2.75, 3.05) is 20.2 Å². The van der Waals surface area contributed by atoms with E-state index in [9.17, 15) is 39.6 Å². The molecule has 2 aliphatic rings. The van der Waals surface area contributed by atoms with Gasteiger partial charge in [-0.05, 0) is 42.3 Å². The van der Waals surface area contributed by atoms with Crippen molar-refractivity contribution in [3.63, 3.8) is 0 Å². The summed E-state index contributed by atoms with van der Waals surface area (Å²) in [5.41, 5.74) is -3.05. The average molecular weight is 634 g/mol. The molecule has 1 fully saturated rings. The number of rotatable bonds is 6. The topological polar surface area (TPSA) is 88.5 Å². The molecule has 0 saturated carbocycles. The smallest absolute Gasteiger partial charge is 0.374 e. The molecule has 0 N–H and O–H groups in total. The van der Waals surface area contributed by atoms with E-state index in [0.29, 0.717) is 5.56 Å². The maximum absolute atomic E-state index is 14.3. The van der Waals surface area contributed by atoms with Crippen LogP contribution in [0.15, 0.2) is 35.5 Å². The fourth-order valence-corrected chi connectivity index (χ4v) is 5.49. The number of benzene rings is 2. The number of amides is 1. The van der Waals surface area contributed by atoms with Gasteiger partial charge >= 0.3 is 11.9 Å². The number of carbonyl (C=O) groups is 1. The zero-order valence-electron chi connectivity index (χ0n) is 20.5. The third-order valence-corrected chi connectivity index (χ3v) is 8.40. The van der Waals surface area contributed by atoms with E-state index in [2.05, 4.69) is 5.16 Å². The number of halogens is 8. The molecule has 2 heterocycles. The molecule has 2 aliphatic heterocycles. The van der Waals surface area contributed by atoms with Crippen LogP contribution in [-0.2, 0) is 25.3 Å². The highest BCUT2D eigenvalue weighted by molar-refractivity contribution is 7.89. The van der Waals surface area contributed by atoms with E-state index >= 15 is 0 Å². The van der Waals surface area contributed by atoms with Crippen LogP contribution in [0.1, 0.15) is 33.5 Å². The van der Waals surface area contributed by atoms with Crippen LogP contribution in [0.4, 0.5) is 26.3 Å². The summed E-state index contributed by atoms with van der Waals surface area (Å²) in [6.45, 7) is 0.643. The molecule has 4 rings (SSSR count). The lowest BCUT2D eigenvalue weighted by molar-refractivity contribution is -0.275. The number of oxime groups is 1. The second kappa shape index (κ2) is 10.7. The van der Waals surface area contributed by atoms with E-state index in [1.54, 1.807) is 0 Å². The third kappa shape index (κ3) is 5.24. The van der Waals surface area contributed by atoms with Crippen LogP contribution in [0, 0.1) is 12.7 Å². The second-order valence-electron chi connectivity index (χ2n) is 9.07. The molecule has 0 spiro atoms. The van der Waals surface area contributed by atoms with Gasteiger partial charge in [-0.2, -0.15) is 22.0 Å².